The molecule has 2 aromatic carbocycles. The molecule has 2 rings (SSSR count). The summed E-state index contributed by atoms with van der Waals surface area (Å²) in [5.41, 5.74) is 8.14. The highest BCUT2D eigenvalue weighted by atomic mass is 16.5. The first-order valence-electron chi connectivity index (χ1n) is 5.98. The van der Waals surface area contributed by atoms with Gasteiger partial charge >= 0.3 is 5.97 Å². The number of carbonyl (C=O) groups is 1. The molecule has 0 saturated heterocycles. The third-order valence-corrected chi connectivity index (χ3v) is 2.54. The Morgan fingerprint density at radius 1 is 1.11 bits per heavy atom. The van der Waals surface area contributed by atoms with Crippen molar-refractivity contribution in [1.29, 1.82) is 0 Å². The van der Waals surface area contributed by atoms with Gasteiger partial charge in [-0.25, -0.2) is 4.79 Å². The first-order chi connectivity index (χ1) is 9.24. The molecule has 0 aliphatic heterocycles. The van der Waals surface area contributed by atoms with Crippen molar-refractivity contribution in [2.45, 2.75) is 6.61 Å². The molecule has 0 saturated carbocycles. The summed E-state index contributed by atoms with van der Waals surface area (Å²) in [6, 6.07) is 16.9. The number of nitrogens with two attached hydrogens (primary N) is 1. The molecule has 0 fully saturated rings. The van der Waals surface area contributed by atoms with E-state index in [0.717, 1.165) is 11.1 Å². The van der Waals surface area contributed by atoms with Crippen molar-refractivity contribution in [2.75, 3.05) is 5.73 Å². The van der Waals surface area contributed by atoms with E-state index in [0.29, 0.717) is 5.69 Å². The lowest BCUT2D eigenvalue weighted by atomic mass is 10.2. The third kappa shape index (κ3) is 4.32. The average molecular weight is 253 g/mol. The standard InChI is InChI=1S/C16H15NO2/c17-15-8-4-7-14(11-15)12-19-16(18)10-9-13-5-2-1-3-6-13/h1-11H,12,17H2/b10-9+. The second-order valence-electron chi connectivity index (χ2n) is 4.10. The van der Waals surface area contributed by atoms with Crippen molar-refractivity contribution in [3.05, 3.63) is 71.8 Å². The molecular weight excluding hydrogens is 238 g/mol. The van der Waals surface area contributed by atoms with Gasteiger partial charge in [0.1, 0.15) is 6.61 Å². The van der Waals surface area contributed by atoms with Gasteiger partial charge in [-0.2, -0.15) is 0 Å². The number of esters is 1. The van der Waals surface area contributed by atoms with Crippen LogP contribution in [0.1, 0.15) is 11.1 Å². The third-order valence-electron chi connectivity index (χ3n) is 2.54. The Hall–Kier alpha value is -2.55. The predicted octanol–water partition coefficient (Wildman–Crippen LogP) is 3.03. The van der Waals surface area contributed by atoms with Crippen molar-refractivity contribution in [2.24, 2.45) is 0 Å². The molecule has 0 unspecified atom stereocenters. The Labute approximate surface area is 112 Å². The summed E-state index contributed by atoms with van der Waals surface area (Å²) in [5, 5.41) is 0. The molecule has 0 spiro atoms. The number of benzene rings is 2. The van der Waals surface area contributed by atoms with Crippen LogP contribution >= 0.6 is 0 Å². The SMILES string of the molecule is Nc1cccc(COC(=O)/C=C/c2ccccc2)c1. The Morgan fingerprint density at radius 2 is 1.89 bits per heavy atom. The van der Waals surface area contributed by atoms with Crippen LogP contribution in [0.3, 0.4) is 0 Å². The molecule has 0 heterocycles. The van der Waals surface area contributed by atoms with E-state index in [4.69, 9.17) is 10.5 Å². The minimum Gasteiger partial charge on any atom is -0.458 e. The van der Waals surface area contributed by atoms with Gasteiger partial charge in [-0.15, -0.1) is 0 Å². The van der Waals surface area contributed by atoms with Crippen molar-refractivity contribution >= 4 is 17.7 Å². The Kier molecular flexibility index (Phi) is 4.34. The molecule has 3 heteroatoms. The van der Waals surface area contributed by atoms with Crippen molar-refractivity contribution in [3.8, 4) is 0 Å². The van der Waals surface area contributed by atoms with Crippen LogP contribution in [0.4, 0.5) is 5.69 Å². The van der Waals surface area contributed by atoms with Gasteiger partial charge in [0.2, 0.25) is 0 Å². The lowest BCUT2D eigenvalue weighted by Crippen LogP contribution is -2.01. The van der Waals surface area contributed by atoms with Gasteiger partial charge in [0, 0.05) is 11.8 Å². The van der Waals surface area contributed by atoms with Gasteiger partial charge < -0.3 is 10.5 Å². The summed E-state index contributed by atoms with van der Waals surface area (Å²) in [4.78, 5) is 11.5. The summed E-state index contributed by atoms with van der Waals surface area (Å²) in [7, 11) is 0. The second kappa shape index (κ2) is 6.40. The van der Waals surface area contributed by atoms with Gasteiger partial charge in [0.05, 0.1) is 0 Å². The zero-order valence-electron chi connectivity index (χ0n) is 10.5. The number of ether oxygens (including phenoxy) is 1. The van der Waals surface area contributed by atoms with Gasteiger partial charge in [0.15, 0.2) is 0 Å². The highest BCUT2D eigenvalue weighted by Crippen LogP contribution is 2.08. The van der Waals surface area contributed by atoms with Crippen molar-refractivity contribution < 1.29 is 9.53 Å². The van der Waals surface area contributed by atoms with Crippen LogP contribution in [0.5, 0.6) is 0 Å². The van der Waals surface area contributed by atoms with E-state index in [1.165, 1.54) is 6.08 Å². The minimum atomic E-state index is -0.369. The van der Waals surface area contributed by atoms with Crippen LogP contribution in [0.15, 0.2) is 60.7 Å². The Morgan fingerprint density at radius 3 is 2.63 bits per heavy atom. The van der Waals surface area contributed by atoms with E-state index in [2.05, 4.69) is 0 Å². The van der Waals surface area contributed by atoms with E-state index < -0.39 is 0 Å². The lowest BCUT2D eigenvalue weighted by molar-refractivity contribution is -0.138. The van der Waals surface area contributed by atoms with Crippen LogP contribution in [0, 0.1) is 0 Å². The maximum atomic E-state index is 11.5. The lowest BCUT2D eigenvalue weighted by Gasteiger charge is -2.03. The summed E-state index contributed by atoms with van der Waals surface area (Å²) >= 11 is 0. The molecular formula is C16H15NO2. The summed E-state index contributed by atoms with van der Waals surface area (Å²) in [5.74, 6) is -0.369. The molecule has 0 aromatic heterocycles. The van der Waals surface area contributed by atoms with Crippen LogP contribution in [0.25, 0.3) is 6.08 Å². The van der Waals surface area contributed by atoms with Crippen LogP contribution in [-0.2, 0) is 16.1 Å². The Balaban J connectivity index is 1.87. The molecule has 0 atom stereocenters. The van der Waals surface area contributed by atoms with Crippen LogP contribution in [0.2, 0.25) is 0 Å². The fourth-order valence-corrected chi connectivity index (χ4v) is 1.61. The highest BCUT2D eigenvalue weighted by Gasteiger charge is 1.99. The van der Waals surface area contributed by atoms with Gasteiger partial charge in [0.25, 0.3) is 0 Å². The van der Waals surface area contributed by atoms with Crippen molar-refractivity contribution in [3.63, 3.8) is 0 Å². The number of nitrogen functional groups attached to an aromatic ring is 1. The molecule has 3 nitrogen and oxygen atoms in total. The van der Waals surface area contributed by atoms with Gasteiger partial charge in [-0.3, -0.25) is 0 Å². The number of hydrogen-bond acceptors (Lipinski definition) is 3. The summed E-state index contributed by atoms with van der Waals surface area (Å²) < 4.78 is 5.12. The first-order valence-corrected chi connectivity index (χ1v) is 5.98. The monoisotopic (exact) mass is 253 g/mol. The summed E-state index contributed by atoms with van der Waals surface area (Å²) in [6.45, 7) is 0.225. The second-order valence-corrected chi connectivity index (χ2v) is 4.10. The number of hydrogen-bond donors (Lipinski definition) is 1. The average Bonchev–Trinajstić information content (AvgIpc) is 2.44. The normalized spacial score (nSPS) is 10.5. The van der Waals surface area contributed by atoms with E-state index in [1.54, 1.807) is 18.2 Å². The topological polar surface area (TPSA) is 52.3 Å². The van der Waals surface area contributed by atoms with Crippen molar-refractivity contribution in [1.82, 2.24) is 0 Å². The molecule has 2 N–H and O–H groups in total. The quantitative estimate of drug-likeness (QED) is 0.517. The number of carbonyl (C=O) groups excluding carboxylic acids is 1. The smallest absolute Gasteiger partial charge is 0.331 e. The molecule has 0 radical (unpaired) electrons. The molecule has 2 aromatic rings. The zero-order chi connectivity index (χ0) is 13.5. The van der Waals surface area contributed by atoms with Crippen LogP contribution in [-0.4, -0.2) is 5.97 Å². The largest absolute Gasteiger partial charge is 0.458 e. The Bertz CT molecular complexity index is 576. The van der Waals surface area contributed by atoms with E-state index in [-0.39, 0.29) is 12.6 Å². The summed E-state index contributed by atoms with van der Waals surface area (Å²) in [6.07, 6.45) is 3.14. The molecule has 96 valence electrons. The molecule has 0 bridgehead atoms. The fraction of sp³-hybridized carbons (Fsp3) is 0.0625. The van der Waals surface area contributed by atoms with Gasteiger partial charge in [-0.1, -0.05) is 42.5 Å². The molecule has 0 amide bonds. The first kappa shape index (κ1) is 12.9. The predicted molar refractivity (Wildman–Crippen MR) is 76.1 cm³/mol. The highest BCUT2D eigenvalue weighted by molar-refractivity contribution is 5.87. The number of anilines is 1. The van der Waals surface area contributed by atoms with Gasteiger partial charge in [-0.05, 0) is 29.3 Å². The van der Waals surface area contributed by atoms with E-state index >= 15 is 0 Å². The molecule has 19 heavy (non-hydrogen) atoms. The molecule has 0 aliphatic carbocycles. The molecule has 0 aliphatic rings. The minimum absolute atomic E-state index is 0.225. The van der Waals surface area contributed by atoms with E-state index in [1.807, 2.05) is 42.5 Å². The maximum absolute atomic E-state index is 11.5. The van der Waals surface area contributed by atoms with Crippen LogP contribution < -0.4 is 5.73 Å². The number of rotatable bonds is 4. The van der Waals surface area contributed by atoms with E-state index in [9.17, 15) is 4.79 Å². The fourth-order valence-electron chi connectivity index (χ4n) is 1.61. The zero-order valence-corrected chi connectivity index (χ0v) is 10.5. The maximum Gasteiger partial charge on any atom is 0.331 e.